The third-order valence-corrected chi connectivity index (χ3v) is 17.9. The Hall–Kier alpha value is 0.217. The summed E-state index contributed by atoms with van der Waals surface area (Å²) in [7, 11) is -1.17. The molecular formula is C42H86Si. The molecule has 0 radical (unpaired) electrons. The first-order valence-electron chi connectivity index (χ1n) is 21.3. The third-order valence-electron chi connectivity index (χ3n) is 11.6. The van der Waals surface area contributed by atoms with Crippen LogP contribution in [0.5, 0.6) is 0 Å². The Morgan fingerprint density at radius 1 is 0.302 bits per heavy atom. The second-order valence-electron chi connectivity index (χ2n) is 15.5. The van der Waals surface area contributed by atoms with Gasteiger partial charge in [-0.15, -0.1) is 0 Å². The van der Waals surface area contributed by atoms with Crippen molar-refractivity contribution in [3.05, 3.63) is 0 Å². The summed E-state index contributed by atoms with van der Waals surface area (Å²) in [6, 6.07) is 5.13. The van der Waals surface area contributed by atoms with Crippen molar-refractivity contribution in [2.24, 2.45) is 0 Å². The average molecular weight is 619 g/mol. The summed E-state index contributed by atoms with van der Waals surface area (Å²) in [5, 5.41) is 0. The van der Waals surface area contributed by atoms with Crippen LogP contribution in [-0.2, 0) is 0 Å². The van der Waals surface area contributed by atoms with E-state index >= 15 is 0 Å². The molecule has 1 saturated carbocycles. The van der Waals surface area contributed by atoms with Gasteiger partial charge in [0.2, 0.25) is 0 Å². The molecule has 0 heterocycles. The number of unbranched alkanes of at least 4 members (excludes halogenated alkanes) is 27. The Bertz CT molecular complexity index is 461. The van der Waals surface area contributed by atoms with Gasteiger partial charge in [0.05, 0.1) is 8.07 Å². The normalized spacial score (nSPS) is 14.6. The number of hydrogen-bond donors (Lipinski definition) is 0. The zero-order chi connectivity index (χ0) is 30.9. The highest BCUT2D eigenvalue weighted by Crippen LogP contribution is 2.46. The van der Waals surface area contributed by atoms with Crippen LogP contribution in [0, 0.1) is 0 Å². The van der Waals surface area contributed by atoms with Crippen LogP contribution < -0.4 is 0 Å². The highest BCUT2D eigenvalue weighted by atomic mass is 28.3. The average Bonchev–Trinajstić information content (AvgIpc) is 3.03. The summed E-state index contributed by atoms with van der Waals surface area (Å²) in [6.45, 7) is 7.01. The molecule has 0 bridgehead atoms. The van der Waals surface area contributed by atoms with E-state index in [4.69, 9.17) is 0 Å². The lowest BCUT2D eigenvalue weighted by Crippen LogP contribution is -2.40. The summed E-state index contributed by atoms with van der Waals surface area (Å²) in [6.07, 6.45) is 52.9. The van der Waals surface area contributed by atoms with Gasteiger partial charge in [0.25, 0.3) is 0 Å². The van der Waals surface area contributed by atoms with Crippen LogP contribution in [0.4, 0.5) is 0 Å². The molecule has 0 saturated heterocycles. The molecule has 1 aliphatic rings. The standard InChI is InChI=1S/C42H86Si/c1-4-7-10-13-16-19-22-25-28-34-39-43(42-37-32-31-33-38-42,40-35-29-26-23-20-17-14-11-8-5-2)41-36-30-27-24-21-18-15-12-9-6-3/h42H,4-41H2,1-3H3. The fourth-order valence-electron chi connectivity index (χ4n) is 8.60. The van der Waals surface area contributed by atoms with E-state index in [1.54, 1.807) is 82.3 Å². The molecule has 0 unspecified atom stereocenters. The molecule has 1 heteroatoms. The molecule has 1 fully saturated rings. The van der Waals surface area contributed by atoms with Gasteiger partial charge in [-0.2, -0.15) is 0 Å². The van der Waals surface area contributed by atoms with Gasteiger partial charge in [-0.25, -0.2) is 0 Å². The molecule has 1 rings (SSSR count). The second kappa shape index (κ2) is 32.2. The van der Waals surface area contributed by atoms with Gasteiger partial charge in [-0.3, -0.25) is 0 Å². The first kappa shape index (κ1) is 41.2. The van der Waals surface area contributed by atoms with E-state index in [2.05, 4.69) is 20.8 Å². The van der Waals surface area contributed by atoms with Crippen molar-refractivity contribution >= 4 is 8.07 Å². The predicted molar refractivity (Wildman–Crippen MR) is 203 cm³/mol. The van der Waals surface area contributed by atoms with Crippen molar-refractivity contribution < 1.29 is 0 Å². The molecule has 0 spiro atoms. The lowest BCUT2D eigenvalue weighted by atomic mass is 10.0. The maximum Gasteiger partial charge on any atom is 0.0566 e. The van der Waals surface area contributed by atoms with Crippen molar-refractivity contribution in [1.82, 2.24) is 0 Å². The van der Waals surface area contributed by atoms with Crippen molar-refractivity contribution in [3.63, 3.8) is 0 Å². The fourth-order valence-corrected chi connectivity index (χ4v) is 15.1. The lowest BCUT2D eigenvalue weighted by Gasteiger charge is -2.42. The van der Waals surface area contributed by atoms with Crippen LogP contribution >= 0.6 is 0 Å². The van der Waals surface area contributed by atoms with Crippen molar-refractivity contribution in [2.75, 3.05) is 0 Å². The molecule has 0 aromatic heterocycles. The molecule has 0 aromatic rings. The quantitative estimate of drug-likeness (QED) is 0.0497. The predicted octanol–water partition coefficient (Wildman–Crippen LogP) is 16.5. The molecule has 0 nitrogen and oxygen atoms in total. The van der Waals surface area contributed by atoms with Crippen molar-refractivity contribution in [2.45, 2.75) is 269 Å². The maximum atomic E-state index is 2.34. The summed E-state index contributed by atoms with van der Waals surface area (Å²) in [5.41, 5.74) is 1.19. The van der Waals surface area contributed by atoms with Gasteiger partial charge in [0, 0.05) is 0 Å². The Morgan fingerprint density at radius 2 is 0.535 bits per heavy atom. The fraction of sp³-hybridized carbons (Fsp3) is 1.00. The minimum absolute atomic E-state index is 1.17. The van der Waals surface area contributed by atoms with Crippen molar-refractivity contribution in [3.8, 4) is 0 Å². The molecule has 258 valence electrons. The van der Waals surface area contributed by atoms with E-state index in [1.165, 1.54) is 166 Å². The van der Waals surface area contributed by atoms with E-state index in [0.29, 0.717) is 0 Å². The zero-order valence-electron chi connectivity index (χ0n) is 30.9. The van der Waals surface area contributed by atoms with Gasteiger partial charge in [0.15, 0.2) is 0 Å². The summed E-state index contributed by atoms with van der Waals surface area (Å²) < 4.78 is 0. The molecule has 0 aromatic carbocycles. The van der Waals surface area contributed by atoms with Crippen LogP contribution in [0.2, 0.25) is 23.7 Å². The highest BCUT2D eigenvalue weighted by Gasteiger charge is 2.39. The molecule has 1 aliphatic carbocycles. The molecule has 0 amide bonds. The SMILES string of the molecule is CCCCCCCCCCCC[Si](CCCCCCCCCCCC)(CCCCCCCCCCCC)C1CCCCC1. The van der Waals surface area contributed by atoms with Gasteiger partial charge < -0.3 is 0 Å². The Kier molecular flexibility index (Phi) is 30.9. The third kappa shape index (κ3) is 24.1. The molecule has 0 atom stereocenters. The van der Waals surface area contributed by atoms with Crippen LogP contribution in [0.1, 0.15) is 245 Å². The smallest absolute Gasteiger partial charge is 0.0566 e. The van der Waals surface area contributed by atoms with E-state index in [0.717, 1.165) is 0 Å². The van der Waals surface area contributed by atoms with E-state index in [9.17, 15) is 0 Å². The summed E-state index contributed by atoms with van der Waals surface area (Å²) in [4.78, 5) is 0. The minimum atomic E-state index is -1.17. The van der Waals surface area contributed by atoms with E-state index < -0.39 is 8.07 Å². The monoisotopic (exact) mass is 619 g/mol. The van der Waals surface area contributed by atoms with Crippen LogP contribution in [0.3, 0.4) is 0 Å². The zero-order valence-corrected chi connectivity index (χ0v) is 31.9. The Morgan fingerprint density at radius 3 is 0.791 bits per heavy atom. The van der Waals surface area contributed by atoms with Crippen LogP contribution in [-0.4, -0.2) is 8.07 Å². The van der Waals surface area contributed by atoms with E-state index in [1.807, 2.05) is 0 Å². The minimum Gasteiger partial charge on any atom is -0.0654 e. The Labute approximate surface area is 276 Å². The number of hydrogen-bond acceptors (Lipinski definition) is 0. The van der Waals surface area contributed by atoms with Gasteiger partial charge in [0.1, 0.15) is 0 Å². The maximum absolute atomic E-state index is 2.34. The first-order valence-corrected chi connectivity index (χ1v) is 24.0. The van der Waals surface area contributed by atoms with Gasteiger partial charge >= 0.3 is 0 Å². The van der Waals surface area contributed by atoms with Gasteiger partial charge in [-0.1, -0.05) is 264 Å². The van der Waals surface area contributed by atoms with Gasteiger partial charge in [-0.05, 0) is 5.54 Å². The van der Waals surface area contributed by atoms with Crippen LogP contribution in [0.15, 0.2) is 0 Å². The first-order chi connectivity index (χ1) is 21.3. The largest absolute Gasteiger partial charge is 0.0654 e. The molecule has 0 N–H and O–H groups in total. The van der Waals surface area contributed by atoms with E-state index in [-0.39, 0.29) is 0 Å². The Balaban J connectivity index is 2.51. The molecule has 0 aliphatic heterocycles. The lowest BCUT2D eigenvalue weighted by molar-refractivity contribution is 0.480. The summed E-state index contributed by atoms with van der Waals surface area (Å²) >= 11 is 0. The second-order valence-corrected chi connectivity index (χ2v) is 20.5. The van der Waals surface area contributed by atoms with Crippen LogP contribution in [0.25, 0.3) is 0 Å². The topological polar surface area (TPSA) is 0 Å². The highest BCUT2D eigenvalue weighted by molar-refractivity contribution is 6.81. The number of rotatable bonds is 34. The molecule has 43 heavy (non-hydrogen) atoms. The molecular weight excluding hydrogens is 533 g/mol. The van der Waals surface area contributed by atoms with Crippen molar-refractivity contribution in [1.29, 1.82) is 0 Å². The summed E-state index contributed by atoms with van der Waals surface area (Å²) in [5.74, 6) is 0.